The average molecular weight is 438 g/mol. The van der Waals surface area contributed by atoms with Gasteiger partial charge in [0.1, 0.15) is 6.61 Å². The number of nitrogens with one attached hydrogen (secondary N) is 1. The topological polar surface area (TPSA) is 53.0 Å². The van der Waals surface area contributed by atoms with Crippen molar-refractivity contribution in [2.45, 2.75) is 52.9 Å². The first-order chi connectivity index (χ1) is 15.7. The van der Waals surface area contributed by atoms with Crippen molar-refractivity contribution in [2.75, 3.05) is 49.7 Å². The number of rotatable bonds is 12. The summed E-state index contributed by atoms with van der Waals surface area (Å²) in [7, 11) is 0. The van der Waals surface area contributed by atoms with Crippen LogP contribution < -0.4 is 15.1 Å². The molecule has 0 aliphatic carbocycles. The zero-order valence-electron chi connectivity index (χ0n) is 20.0. The molecule has 6 nitrogen and oxygen atoms in total. The maximum absolute atomic E-state index is 6.11. The van der Waals surface area contributed by atoms with Crippen LogP contribution >= 0.6 is 0 Å². The van der Waals surface area contributed by atoms with Crippen LogP contribution in [0, 0.1) is 6.92 Å². The van der Waals surface area contributed by atoms with Gasteiger partial charge in [-0.15, -0.1) is 0 Å². The summed E-state index contributed by atoms with van der Waals surface area (Å²) < 4.78 is 6.11. The summed E-state index contributed by atoms with van der Waals surface area (Å²) in [5.74, 6) is 1.36. The predicted octanol–water partition coefficient (Wildman–Crippen LogP) is 5.33. The molecule has 0 bridgehead atoms. The third-order valence-electron chi connectivity index (χ3n) is 5.68. The van der Waals surface area contributed by atoms with Gasteiger partial charge in [0.2, 0.25) is 5.88 Å². The van der Waals surface area contributed by atoms with Gasteiger partial charge in [0, 0.05) is 37.5 Å². The number of hydrogen-bond acceptors (Lipinski definition) is 6. The fourth-order valence-electron chi connectivity index (χ4n) is 4.10. The Balaban J connectivity index is 1.71. The molecular formula is C26H39N5O. The fraction of sp³-hybridized carbons (Fsp3) is 0.538. The number of aromatic nitrogens is 1. The van der Waals surface area contributed by atoms with Crippen molar-refractivity contribution >= 4 is 17.7 Å². The van der Waals surface area contributed by atoms with Gasteiger partial charge in [0.15, 0.2) is 5.82 Å². The van der Waals surface area contributed by atoms with E-state index < -0.39 is 0 Å². The van der Waals surface area contributed by atoms with Crippen LogP contribution in [-0.2, 0) is 0 Å². The number of aryl methyl sites for hydroxylation is 1. The number of likely N-dealkylation sites (tertiary alicyclic amines) is 1. The first-order valence-corrected chi connectivity index (χ1v) is 12.2. The van der Waals surface area contributed by atoms with Crippen molar-refractivity contribution in [3.63, 3.8) is 0 Å². The Morgan fingerprint density at radius 3 is 2.59 bits per heavy atom. The maximum atomic E-state index is 6.11. The Morgan fingerprint density at radius 2 is 1.88 bits per heavy atom. The minimum atomic E-state index is 0.657. The number of benzene rings is 1. The molecule has 0 unspecified atom stereocenters. The van der Waals surface area contributed by atoms with E-state index in [0.29, 0.717) is 18.3 Å². The number of ether oxygens (including phenoxy) is 1. The van der Waals surface area contributed by atoms with Crippen LogP contribution in [0.3, 0.4) is 0 Å². The van der Waals surface area contributed by atoms with Gasteiger partial charge in [-0.2, -0.15) is 10.1 Å². The maximum Gasteiger partial charge on any atom is 0.217 e. The lowest BCUT2D eigenvalue weighted by atomic mass is 10.1. The van der Waals surface area contributed by atoms with Gasteiger partial charge < -0.3 is 9.64 Å². The van der Waals surface area contributed by atoms with E-state index in [9.17, 15) is 0 Å². The van der Waals surface area contributed by atoms with E-state index in [1.807, 2.05) is 18.3 Å². The first-order valence-electron chi connectivity index (χ1n) is 12.2. The number of nitrogens with zero attached hydrogens (tertiary/aromatic N) is 4. The monoisotopic (exact) mass is 437 g/mol. The van der Waals surface area contributed by atoms with Crippen LogP contribution in [0.4, 0.5) is 11.5 Å². The van der Waals surface area contributed by atoms with Gasteiger partial charge in [0.25, 0.3) is 0 Å². The van der Waals surface area contributed by atoms with Gasteiger partial charge in [0.05, 0.1) is 6.21 Å². The molecule has 0 radical (unpaired) electrons. The molecule has 32 heavy (non-hydrogen) atoms. The van der Waals surface area contributed by atoms with Gasteiger partial charge in [-0.3, -0.25) is 10.3 Å². The summed E-state index contributed by atoms with van der Waals surface area (Å²) >= 11 is 0. The summed E-state index contributed by atoms with van der Waals surface area (Å²) in [6.07, 6.45) is 7.97. The average Bonchev–Trinajstić information content (AvgIpc) is 2.80. The highest BCUT2D eigenvalue weighted by molar-refractivity contribution is 5.80. The molecule has 2 heterocycles. The van der Waals surface area contributed by atoms with E-state index in [2.05, 4.69) is 70.3 Å². The molecule has 0 amide bonds. The van der Waals surface area contributed by atoms with Crippen molar-refractivity contribution < 1.29 is 4.74 Å². The van der Waals surface area contributed by atoms with Gasteiger partial charge in [-0.05, 0) is 51.3 Å². The third-order valence-corrected chi connectivity index (χ3v) is 5.68. The second kappa shape index (κ2) is 13.1. The van der Waals surface area contributed by atoms with Crippen molar-refractivity contribution in [3.05, 3.63) is 47.5 Å². The lowest BCUT2D eigenvalue weighted by Crippen LogP contribution is -2.33. The minimum absolute atomic E-state index is 0.657. The number of anilines is 2. The summed E-state index contributed by atoms with van der Waals surface area (Å²) in [6.45, 7) is 12.5. The zero-order valence-corrected chi connectivity index (χ0v) is 20.0. The predicted molar refractivity (Wildman–Crippen MR) is 135 cm³/mol. The van der Waals surface area contributed by atoms with Crippen LogP contribution in [0.2, 0.25) is 0 Å². The largest absolute Gasteiger partial charge is 0.476 e. The SMILES string of the molecule is CCCN(CCC)c1cc(N/N=C/c2cccc(C)c2)nc(OCCN2CCCCC2)c1. The van der Waals surface area contributed by atoms with E-state index >= 15 is 0 Å². The quantitative estimate of drug-likeness (QED) is 0.359. The van der Waals surface area contributed by atoms with Crippen molar-refractivity contribution in [2.24, 2.45) is 5.10 Å². The Labute approximate surface area is 193 Å². The van der Waals surface area contributed by atoms with Gasteiger partial charge >= 0.3 is 0 Å². The molecule has 1 N–H and O–H groups in total. The number of hydrogen-bond donors (Lipinski definition) is 1. The standard InChI is InChI=1S/C26H39N5O/c1-4-12-31(13-5-2)24-19-25(29-27-21-23-11-9-10-22(3)18-23)28-26(20-24)32-17-16-30-14-7-6-8-15-30/h9-11,18-21H,4-8,12-17H2,1-3H3,(H,28,29)/b27-21+. The minimum Gasteiger partial charge on any atom is -0.476 e. The van der Waals surface area contributed by atoms with Gasteiger partial charge in [-0.1, -0.05) is 50.1 Å². The van der Waals surface area contributed by atoms with Crippen LogP contribution in [0.1, 0.15) is 57.1 Å². The van der Waals surface area contributed by atoms with Crippen LogP contribution in [0.5, 0.6) is 5.88 Å². The molecule has 1 aliphatic rings. The molecule has 1 aromatic carbocycles. The second-order valence-electron chi connectivity index (χ2n) is 8.57. The number of hydrazone groups is 1. The number of pyridine rings is 1. The molecule has 1 aromatic heterocycles. The second-order valence-corrected chi connectivity index (χ2v) is 8.57. The lowest BCUT2D eigenvalue weighted by molar-refractivity contribution is 0.180. The molecule has 1 aliphatic heterocycles. The Hall–Kier alpha value is -2.60. The van der Waals surface area contributed by atoms with Crippen LogP contribution in [0.15, 0.2) is 41.5 Å². The Morgan fingerprint density at radius 1 is 1.09 bits per heavy atom. The van der Waals surface area contributed by atoms with E-state index in [1.165, 1.54) is 37.9 Å². The third kappa shape index (κ3) is 7.83. The first kappa shape index (κ1) is 24.1. The summed E-state index contributed by atoms with van der Waals surface area (Å²) in [5.41, 5.74) is 6.52. The molecule has 2 aromatic rings. The molecule has 0 saturated carbocycles. The Kier molecular flexibility index (Phi) is 9.82. The lowest BCUT2D eigenvalue weighted by Gasteiger charge is -2.26. The molecule has 3 rings (SSSR count). The van der Waals surface area contributed by atoms with E-state index in [0.717, 1.165) is 43.7 Å². The van der Waals surface area contributed by atoms with Crippen molar-refractivity contribution in [1.82, 2.24) is 9.88 Å². The van der Waals surface area contributed by atoms with Gasteiger partial charge in [-0.25, -0.2) is 0 Å². The summed E-state index contributed by atoms with van der Waals surface area (Å²) in [5, 5.41) is 4.42. The molecule has 0 spiro atoms. The van der Waals surface area contributed by atoms with Crippen LogP contribution in [-0.4, -0.2) is 55.4 Å². The molecule has 1 saturated heterocycles. The molecule has 1 fully saturated rings. The summed E-state index contributed by atoms with van der Waals surface area (Å²) in [4.78, 5) is 9.56. The summed E-state index contributed by atoms with van der Waals surface area (Å²) in [6, 6.07) is 12.4. The highest BCUT2D eigenvalue weighted by Crippen LogP contribution is 2.25. The van der Waals surface area contributed by atoms with Crippen molar-refractivity contribution in [1.29, 1.82) is 0 Å². The smallest absolute Gasteiger partial charge is 0.217 e. The van der Waals surface area contributed by atoms with E-state index in [1.54, 1.807) is 0 Å². The normalized spacial score (nSPS) is 14.6. The molecular weight excluding hydrogens is 398 g/mol. The molecule has 6 heteroatoms. The zero-order chi connectivity index (χ0) is 22.6. The molecule has 174 valence electrons. The van der Waals surface area contributed by atoms with E-state index in [-0.39, 0.29) is 0 Å². The fourth-order valence-corrected chi connectivity index (χ4v) is 4.10. The van der Waals surface area contributed by atoms with Crippen LogP contribution in [0.25, 0.3) is 0 Å². The van der Waals surface area contributed by atoms with E-state index in [4.69, 9.17) is 4.74 Å². The van der Waals surface area contributed by atoms with Crippen molar-refractivity contribution in [3.8, 4) is 5.88 Å². The highest BCUT2D eigenvalue weighted by Gasteiger charge is 2.12. The number of piperidine rings is 1. The highest BCUT2D eigenvalue weighted by atomic mass is 16.5. The Bertz CT molecular complexity index is 842. The molecule has 0 atom stereocenters.